The average molecular weight is 435 g/mol. The molecule has 0 fully saturated rings. The van der Waals surface area contributed by atoms with Crippen molar-refractivity contribution in [2.45, 2.75) is 6.61 Å². The average Bonchev–Trinajstić information content (AvgIpc) is 3.39. The predicted octanol–water partition coefficient (Wildman–Crippen LogP) is 5.13. The maximum atomic E-state index is 12.6. The first kappa shape index (κ1) is 20.7. The van der Waals surface area contributed by atoms with Crippen LogP contribution in [0.5, 0.6) is 5.75 Å². The second kappa shape index (κ2) is 9.94. The molecule has 1 aromatic carbocycles. The minimum Gasteiger partial charge on any atom is -0.452 e. The molecule has 0 radical (unpaired) electrons. The number of benzene rings is 1. The van der Waals surface area contributed by atoms with Gasteiger partial charge in [-0.15, -0.1) is 22.7 Å². The topological polar surface area (TPSA) is 64.6 Å². The Morgan fingerprint density at radius 1 is 1.03 bits per heavy atom. The van der Waals surface area contributed by atoms with Crippen LogP contribution in [-0.4, -0.2) is 25.1 Å². The molecule has 9 heteroatoms. The number of para-hydroxylation sites is 2. The molecule has 2 heterocycles. The third-order valence-electron chi connectivity index (χ3n) is 3.55. The molecule has 1 amide bonds. The van der Waals surface area contributed by atoms with Crippen molar-refractivity contribution < 1.29 is 27.8 Å². The summed E-state index contributed by atoms with van der Waals surface area (Å²) >= 11 is 2.84. The molecule has 0 aliphatic carbocycles. The molecule has 0 spiro atoms. The number of anilines is 1. The highest BCUT2D eigenvalue weighted by molar-refractivity contribution is 7.12. The first-order valence-electron chi connectivity index (χ1n) is 8.33. The fraction of sp³-hybridized carbons (Fsp3) is 0.100. The maximum Gasteiger partial charge on any atom is 0.387 e. The number of alkyl halides is 2. The van der Waals surface area contributed by atoms with Gasteiger partial charge in [0.2, 0.25) is 0 Å². The first-order chi connectivity index (χ1) is 14.0. The van der Waals surface area contributed by atoms with E-state index >= 15 is 0 Å². The molecule has 0 aliphatic rings. The molecule has 0 saturated carbocycles. The van der Waals surface area contributed by atoms with Crippen molar-refractivity contribution in [3.63, 3.8) is 0 Å². The normalized spacial score (nSPS) is 11.3. The molecule has 1 N–H and O–H groups in total. The Balaban J connectivity index is 1.65. The Morgan fingerprint density at radius 2 is 1.79 bits per heavy atom. The van der Waals surface area contributed by atoms with E-state index in [1.807, 2.05) is 29.0 Å². The lowest BCUT2D eigenvalue weighted by Crippen LogP contribution is -2.21. The van der Waals surface area contributed by atoms with Gasteiger partial charge in [-0.05, 0) is 41.1 Å². The van der Waals surface area contributed by atoms with Gasteiger partial charge in [0.1, 0.15) is 5.75 Å². The fourth-order valence-electron chi connectivity index (χ4n) is 2.34. The number of carbonyl (C=O) groups is 2. The second-order valence-electron chi connectivity index (χ2n) is 5.55. The molecule has 0 unspecified atom stereocenters. The van der Waals surface area contributed by atoms with E-state index in [1.54, 1.807) is 18.2 Å². The first-order valence-corrected chi connectivity index (χ1v) is 10.1. The van der Waals surface area contributed by atoms with E-state index in [0.29, 0.717) is 10.5 Å². The van der Waals surface area contributed by atoms with Crippen LogP contribution in [0.4, 0.5) is 14.5 Å². The third kappa shape index (κ3) is 5.97. The minimum atomic E-state index is -3.03. The number of ether oxygens (including phenoxy) is 2. The van der Waals surface area contributed by atoms with Crippen LogP contribution in [0.1, 0.15) is 9.75 Å². The zero-order valence-corrected chi connectivity index (χ0v) is 16.5. The van der Waals surface area contributed by atoms with Gasteiger partial charge in [-0.1, -0.05) is 24.3 Å². The van der Waals surface area contributed by atoms with Gasteiger partial charge in [-0.3, -0.25) is 4.79 Å². The van der Waals surface area contributed by atoms with E-state index in [4.69, 9.17) is 4.74 Å². The van der Waals surface area contributed by atoms with Crippen molar-refractivity contribution in [1.29, 1.82) is 0 Å². The van der Waals surface area contributed by atoms with Gasteiger partial charge < -0.3 is 14.8 Å². The highest BCUT2D eigenvalue weighted by Gasteiger charge is 2.18. The third-order valence-corrected chi connectivity index (χ3v) is 5.27. The number of hydrogen-bond acceptors (Lipinski definition) is 6. The lowest BCUT2D eigenvalue weighted by Gasteiger charge is -2.12. The van der Waals surface area contributed by atoms with Crippen LogP contribution < -0.4 is 10.1 Å². The molecule has 0 saturated heterocycles. The van der Waals surface area contributed by atoms with Gasteiger partial charge >= 0.3 is 12.6 Å². The number of halogens is 2. The number of carbonyl (C=O) groups excluding carboxylic acids is 2. The number of hydrogen-bond donors (Lipinski definition) is 1. The molecule has 0 aliphatic heterocycles. The zero-order valence-electron chi connectivity index (χ0n) is 14.8. The van der Waals surface area contributed by atoms with Crippen molar-refractivity contribution in [3.05, 3.63) is 69.0 Å². The van der Waals surface area contributed by atoms with Crippen LogP contribution in [0.25, 0.3) is 11.6 Å². The van der Waals surface area contributed by atoms with Crippen molar-refractivity contribution in [2.24, 2.45) is 0 Å². The Labute approximate surface area is 173 Å². The molecule has 0 bridgehead atoms. The number of nitrogens with one attached hydrogen (secondary N) is 1. The highest BCUT2D eigenvalue weighted by atomic mass is 32.1. The summed E-state index contributed by atoms with van der Waals surface area (Å²) in [6.45, 7) is -3.60. The van der Waals surface area contributed by atoms with Crippen molar-refractivity contribution in [3.8, 4) is 5.75 Å². The van der Waals surface area contributed by atoms with E-state index in [0.717, 1.165) is 4.88 Å². The number of thiophene rings is 2. The maximum absolute atomic E-state index is 12.6. The molecular formula is C20H15F2NO4S2. The molecule has 150 valence electrons. The molecule has 5 nitrogen and oxygen atoms in total. The van der Waals surface area contributed by atoms with Gasteiger partial charge in [0.25, 0.3) is 5.91 Å². The standard InChI is InChI=1S/C20H15F2NO4S2/c21-20(22)27-16-7-2-1-6-15(16)23-18(24)12-26-19(25)14(17-8-4-10-29-17)11-13-5-3-9-28-13/h1-11,20H,12H2,(H,23,24). The molecule has 3 aromatic rings. The van der Waals surface area contributed by atoms with Gasteiger partial charge in [0.15, 0.2) is 6.61 Å². The quantitative estimate of drug-likeness (QED) is 0.393. The van der Waals surface area contributed by atoms with E-state index < -0.39 is 25.1 Å². The summed E-state index contributed by atoms with van der Waals surface area (Å²) in [5, 5.41) is 6.12. The fourth-order valence-corrected chi connectivity index (χ4v) is 3.73. The van der Waals surface area contributed by atoms with Crippen molar-refractivity contribution >= 4 is 51.9 Å². The number of rotatable bonds is 8. The van der Waals surface area contributed by atoms with Crippen LogP contribution in [0.2, 0.25) is 0 Å². The summed E-state index contributed by atoms with van der Waals surface area (Å²) < 4.78 is 34.4. The van der Waals surface area contributed by atoms with Gasteiger partial charge in [-0.25, -0.2) is 4.79 Å². The lowest BCUT2D eigenvalue weighted by molar-refractivity contribution is -0.141. The molecule has 0 atom stereocenters. The second-order valence-corrected chi connectivity index (χ2v) is 7.48. The van der Waals surface area contributed by atoms with E-state index in [-0.39, 0.29) is 11.4 Å². The highest BCUT2D eigenvalue weighted by Crippen LogP contribution is 2.27. The number of amides is 1. The monoisotopic (exact) mass is 435 g/mol. The molecule has 29 heavy (non-hydrogen) atoms. The van der Waals surface area contributed by atoms with Crippen LogP contribution in [0.15, 0.2) is 59.3 Å². The largest absolute Gasteiger partial charge is 0.452 e. The summed E-state index contributed by atoms with van der Waals surface area (Å²) in [6, 6.07) is 13.1. The van der Waals surface area contributed by atoms with E-state index in [9.17, 15) is 18.4 Å². The van der Waals surface area contributed by atoms with Crippen LogP contribution in [-0.2, 0) is 14.3 Å². The summed E-state index contributed by atoms with van der Waals surface area (Å²) in [6.07, 6.45) is 1.70. The SMILES string of the molecule is O=C(COC(=O)C(=Cc1cccs1)c1cccs1)Nc1ccccc1OC(F)F. The minimum absolute atomic E-state index is 0.0569. The van der Waals surface area contributed by atoms with E-state index in [2.05, 4.69) is 10.1 Å². The summed E-state index contributed by atoms with van der Waals surface area (Å²) in [4.78, 5) is 26.3. The molecule has 2 aromatic heterocycles. The zero-order chi connectivity index (χ0) is 20.6. The molecule has 3 rings (SSSR count). The summed E-state index contributed by atoms with van der Waals surface area (Å²) in [5.41, 5.74) is 0.387. The lowest BCUT2D eigenvalue weighted by atomic mass is 10.2. The summed E-state index contributed by atoms with van der Waals surface area (Å²) in [7, 11) is 0. The van der Waals surface area contributed by atoms with Crippen molar-refractivity contribution in [1.82, 2.24) is 0 Å². The predicted molar refractivity (Wildman–Crippen MR) is 109 cm³/mol. The number of esters is 1. The smallest absolute Gasteiger partial charge is 0.387 e. The van der Waals surface area contributed by atoms with Gasteiger partial charge in [-0.2, -0.15) is 8.78 Å². The van der Waals surface area contributed by atoms with Gasteiger partial charge in [0.05, 0.1) is 11.3 Å². The Morgan fingerprint density at radius 3 is 2.48 bits per heavy atom. The Kier molecular flexibility index (Phi) is 7.09. The van der Waals surface area contributed by atoms with Gasteiger partial charge in [0, 0.05) is 9.75 Å². The Hall–Kier alpha value is -3.04. The van der Waals surface area contributed by atoms with Crippen LogP contribution in [0.3, 0.4) is 0 Å². The van der Waals surface area contributed by atoms with Crippen molar-refractivity contribution in [2.75, 3.05) is 11.9 Å². The van der Waals surface area contributed by atoms with Crippen LogP contribution in [0, 0.1) is 0 Å². The molecular weight excluding hydrogens is 420 g/mol. The Bertz CT molecular complexity index is 986. The van der Waals surface area contributed by atoms with E-state index in [1.165, 1.54) is 40.9 Å². The van der Waals surface area contributed by atoms with Crippen LogP contribution >= 0.6 is 22.7 Å². The summed E-state index contributed by atoms with van der Waals surface area (Å²) in [5.74, 6) is -1.52.